The highest BCUT2D eigenvalue weighted by atomic mass is 16.5. The zero-order valence-electron chi connectivity index (χ0n) is 13.3. The molecular formula is C17H33NO2. The van der Waals surface area contributed by atoms with E-state index in [0.717, 1.165) is 6.42 Å². The maximum Gasteiger partial charge on any atom is 0.0715 e. The second-order valence-electron chi connectivity index (χ2n) is 6.61. The lowest BCUT2D eigenvalue weighted by Gasteiger charge is -2.30. The van der Waals surface area contributed by atoms with Gasteiger partial charge in [-0.3, -0.25) is 0 Å². The third-order valence-electron chi connectivity index (χ3n) is 4.47. The van der Waals surface area contributed by atoms with Gasteiger partial charge in [0.25, 0.3) is 0 Å². The molecule has 1 fully saturated rings. The molecule has 0 amide bonds. The van der Waals surface area contributed by atoms with Crippen molar-refractivity contribution in [3.8, 4) is 0 Å². The molecule has 1 saturated carbocycles. The molecule has 3 nitrogen and oxygen atoms in total. The Bertz CT molecular complexity index is 262. The standard InChI is InChI=1S/C17H33NO2/c1-4-10-20-17(13(2)3)12-16(19)15(18)11-14-8-6-5-7-9-14/h4,13-17,19H,1,5-12,18H2,2-3H3/t15-,16-,17-/m0/s1. The summed E-state index contributed by atoms with van der Waals surface area (Å²) in [4.78, 5) is 0. The van der Waals surface area contributed by atoms with Crippen LogP contribution < -0.4 is 5.73 Å². The van der Waals surface area contributed by atoms with Crippen LogP contribution in [-0.2, 0) is 4.74 Å². The predicted octanol–water partition coefficient (Wildman–Crippen LogP) is 3.26. The van der Waals surface area contributed by atoms with Crippen LogP contribution >= 0.6 is 0 Å². The van der Waals surface area contributed by atoms with Crippen molar-refractivity contribution in [3.63, 3.8) is 0 Å². The highest BCUT2D eigenvalue weighted by Gasteiger charge is 2.25. The molecule has 0 aliphatic heterocycles. The number of rotatable bonds is 9. The summed E-state index contributed by atoms with van der Waals surface area (Å²) in [5.41, 5.74) is 6.20. The summed E-state index contributed by atoms with van der Waals surface area (Å²) in [6.45, 7) is 8.44. The summed E-state index contributed by atoms with van der Waals surface area (Å²) in [5.74, 6) is 1.09. The maximum absolute atomic E-state index is 10.3. The second kappa shape index (κ2) is 9.54. The van der Waals surface area contributed by atoms with E-state index in [0.29, 0.717) is 24.9 Å². The largest absolute Gasteiger partial charge is 0.391 e. The van der Waals surface area contributed by atoms with Gasteiger partial charge >= 0.3 is 0 Å². The van der Waals surface area contributed by atoms with E-state index in [1.807, 2.05) is 0 Å². The highest BCUT2D eigenvalue weighted by molar-refractivity contribution is 4.81. The Labute approximate surface area is 124 Å². The summed E-state index contributed by atoms with van der Waals surface area (Å²) in [6.07, 6.45) is 9.49. The number of aliphatic hydroxyl groups excluding tert-OH is 1. The molecule has 0 heterocycles. The molecule has 20 heavy (non-hydrogen) atoms. The van der Waals surface area contributed by atoms with Crippen molar-refractivity contribution in [2.24, 2.45) is 17.6 Å². The molecule has 3 heteroatoms. The Balaban J connectivity index is 2.37. The van der Waals surface area contributed by atoms with Crippen LogP contribution in [0, 0.1) is 11.8 Å². The smallest absolute Gasteiger partial charge is 0.0715 e. The predicted molar refractivity (Wildman–Crippen MR) is 84.6 cm³/mol. The van der Waals surface area contributed by atoms with Crippen LogP contribution in [0.1, 0.15) is 58.8 Å². The van der Waals surface area contributed by atoms with Crippen LogP contribution in [-0.4, -0.2) is 30.0 Å². The third-order valence-corrected chi connectivity index (χ3v) is 4.47. The molecule has 1 rings (SSSR count). The van der Waals surface area contributed by atoms with Crippen molar-refractivity contribution in [2.75, 3.05) is 6.61 Å². The molecule has 0 saturated heterocycles. The number of hydrogen-bond acceptors (Lipinski definition) is 3. The molecule has 0 aromatic carbocycles. The molecule has 0 aromatic rings. The Hall–Kier alpha value is -0.380. The molecule has 1 aliphatic carbocycles. The van der Waals surface area contributed by atoms with E-state index in [2.05, 4.69) is 20.4 Å². The van der Waals surface area contributed by atoms with Crippen LogP contribution in [0.4, 0.5) is 0 Å². The van der Waals surface area contributed by atoms with Gasteiger partial charge in [0, 0.05) is 12.5 Å². The molecule has 1 aliphatic rings. The van der Waals surface area contributed by atoms with E-state index >= 15 is 0 Å². The number of nitrogens with two attached hydrogens (primary N) is 1. The first-order valence-electron chi connectivity index (χ1n) is 8.20. The number of aliphatic hydroxyl groups is 1. The quantitative estimate of drug-likeness (QED) is 0.639. The van der Waals surface area contributed by atoms with E-state index in [-0.39, 0.29) is 12.1 Å². The van der Waals surface area contributed by atoms with Crippen molar-refractivity contribution in [1.29, 1.82) is 0 Å². The molecule has 3 atom stereocenters. The maximum atomic E-state index is 10.3. The highest BCUT2D eigenvalue weighted by Crippen LogP contribution is 2.28. The summed E-state index contributed by atoms with van der Waals surface area (Å²) in [5, 5.41) is 10.3. The van der Waals surface area contributed by atoms with Crippen molar-refractivity contribution < 1.29 is 9.84 Å². The Kier molecular flexibility index (Phi) is 8.43. The fourth-order valence-electron chi connectivity index (χ4n) is 3.10. The minimum atomic E-state index is -0.464. The summed E-state index contributed by atoms with van der Waals surface area (Å²) in [6, 6.07) is -0.119. The Morgan fingerprint density at radius 1 is 1.30 bits per heavy atom. The Morgan fingerprint density at radius 3 is 2.50 bits per heavy atom. The molecule has 0 spiro atoms. The van der Waals surface area contributed by atoms with Crippen molar-refractivity contribution in [1.82, 2.24) is 0 Å². The number of ether oxygens (including phenoxy) is 1. The normalized spacial score (nSPS) is 21.6. The zero-order chi connectivity index (χ0) is 15.0. The van der Waals surface area contributed by atoms with Crippen LogP contribution in [0.15, 0.2) is 12.7 Å². The monoisotopic (exact) mass is 283 g/mol. The van der Waals surface area contributed by atoms with Gasteiger partial charge < -0.3 is 15.6 Å². The topological polar surface area (TPSA) is 55.5 Å². The van der Waals surface area contributed by atoms with Crippen molar-refractivity contribution in [3.05, 3.63) is 12.7 Å². The van der Waals surface area contributed by atoms with Crippen LogP contribution in [0.3, 0.4) is 0 Å². The van der Waals surface area contributed by atoms with Crippen LogP contribution in [0.25, 0.3) is 0 Å². The first-order chi connectivity index (χ1) is 9.54. The molecular weight excluding hydrogens is 250 g/mol. The lowest BCUT2D eigenvalue weighted by atomic mass is 9.83. The fourth-order valence-corrected chi connectivity index (χ4v) is 3.10. The average molecular weight is 283 g/mol. The van der Waals surface area contributed by atoms with Gasteiger partial charge in [0.15, 0.2) is 0 Å². The molecule has 0 aromatic heterocycles. The average Bonchev–Trinajstić information content (AvgIpc) is 2.43. The van der Waals surface area contributed by atoms with E-state index in [1.165, 1.54) is 32.1 Å². The molecule has 0 radical (unpaired) electrons. The van der Waals surface area contributed by atoms with Gasteiger partial charge in [0.2, 0.25) is 0 Å². The first-order valence-corrected chi connectivity index (χ1v) is 8.20. The number of hydrogen-bond donors (Lipinski definition) is 2. The lowest BCUT2D eigenvalue weighted by molar-refractivity contribution is -0.00748. The van der Waals surface area contributed by atoms with Crippen molar-refractivity contribution >= 4 is 0 Å². The van der Waals surface area contributed by atoms with Crippen LogP contribution in [0.5, 0.6) is 0 Å². The fraction of sp³-hybridized carbons (Fsp3) is 0.882. The van der Waals surface area contributed by atoms with Gasteiger partial charge in [-0.2, -0.15) is 0 Å². The molecule has 0 bridgehead atoms. The summed E-state index contributed by atoms with van der Waals surface area (Å²) >= 11 is 0. The zero-order valence-corrected chi connectivity index (χ0v) is 13.3. The third kappa shape index (κ3) is 6.38. The van der Waals surface area contributed by atoms with Gasteiger partial charge in [-0.05, 0) is 18.3 Å². The second-order valence-corrected chi connectivity index (χ2v) is 6.61. The summed E-state index contributed by atoms with van der Waals surface area (Å²) < 4.78 is 5.73. The van der Waals surface area contributed by atoms with Gasteiger partial charge in [0.05, 0.1) is 18.8 Å². The molecule has 0 unspecified atom stereocenters. The van der Waals surface area contributed by atoms with Gasteiger partial charge in [-0.1, -0.05) is 52.0 Å². The summed E-state index contributed by atoms with van der Waals surface area (Å²) in [7, 11) is 0. The van der Waals surface area contributed by atoms with Gasteiger partial charge in [-0.15, -0.1) is 6.58 Å². The van der Waals surface area contributed by atoms with Crippen LogP contribution in [0.2, 0.25) is 0 Å². The van der Waals surface area contributed by atoms with Gasteiger partial charge in [0.1, 0.15) is 0 Å². The minimum absolute atomic E-state index is 0.0559. The Morgan fingerprint density at radius 2 is 1.95 bits per heavy atom. The van der Waals surface area contributed by atoms with Gasteiger partial charge in [-0.25, -0.2) is 0 Å². The van der Waals surface area contributed by atoms with E-state index in [9.17, 15) is 5.11 Å². The van der Waals surface area contributed by atoms with E-state index < -0.39 is 6.10 Å². The molecule has 118 valence electrons. The van der Waals surface area contributed by atoms with E-state index in [1.54, 1.807) is 6.08 Å². The molecule has 3 N–H and O–H groups in total. The first kappa shape index (κ1) is 17.7. The van der Waals surface area contributed by atoms with E-state index in [4.69, 9.17) is 10.5 Å². The lowest BCUT2D eigenvalue weighted by Crippen LogP contribution is -2.40. The minimum Gasteiger partial charge on any atom is -0.391 e. The SMILES string of the molecule is C=CCO[C@@H](C[C@H](O)[C@@H](N)CC1CCCCC1)C(C)C. The van der Waals surface area contributed by atoms with Crippen molar-refractivity contribution in [2.45, 2.75) is 77.0 Å².